The third-order valence-electron chi connectivity index (χ3n) is 2.09. The van der Waals surface area contributed by atoms with Gasteiger partial charge in [-0.15, -0.1) is 6.58 Å². The molecule has 0 radical (unpaired) electrons. The lowest BCUT2D eigenvalue weighted by atomic mass is 10.1. The first-order chi connectivity index (χ1) is 7.22. The Bertz CT molecular complexity index is 624. The fourth-order valence-electron chi connectivity index (χ4n) is 1.50. The van der Waals surface area contributed by atoms with Crippen LogP contribution in [0.5, 0.6) is 0 Å². The number of nitrogens with one attached hydrogen (secondary N) is 2. The third kappa shape index (κ3) is 1.59. The molecule has 0 unspecified atom stereocenters. The van der Waals surface area contributed by atoms with E-state index in [1.807, 2.05) is 0 Å². The fraction of sp³-hybridized carbons (Fsp3) is 0.100. The normalized spacial score (nSPS) is 10.4. The highest BCUT2D eigenvalue weighted by Crippen LogP contribution is 2.09. The molecule has 0 aliphatic heterocycles. The Labute approximate surface area is 84.5 Å². The van der Waals surface area contributed by atoms with Crippen molar-refractivity contribution >= 4 is 10.9 Å². The zero-order valence-electron chi connectivity index (χ0n) is 7.91. The standard InChI is InChI=1S/C10H9N3O2/c1-2-3-6-4-11-5-7-8(6)9(14)13-10(15)12-7/h2,4-5H,1,3H2,(H2,12,13,14,15). The predicted octanol–water partition coefficient (Wildman–Crippen LogP) is 0.340. The van der Waals surface area contributed by atoms with Crippen LogP contribution in [0.3, 0.4) is 0 Å². The van der Waals surface area contributed by atoms with Crippen LogP contribution in [0.15, 0.2) is 34.6 Å². The van der Waals surface area contributed by atoms with E-state index in [1.165, 1.54) is 6.20 Å². The van der Waals surface area contributed by atoms with Crippen molar-refractivity contribution in [3.63, 3.8) is 0 Å². The van der Waals surface area contributed by atoms with Crippen molar-refractivity contribution in [1.29, 1.82) is 0 Å². The molecule has 0 aromatic carbocycles. The molecule has 0 spiro atoms. The molecular formula is C10H9N3O2. The fourth-order valence-corrected chi connectivity index (χ4v) is 1.50. The summed E-state index contributed by atoms with van der Waals surface area (Å²) < 4.78 is 0. The maximum absolute atomic E-state index is 11.6. The molecule has 0 atom stereocenters. The quantitative estimate of drug-likeness (QED) is 0.691. The minimum atomic E-state index is -0.523. The molecule has 0 fully saturated rings. The summed E-state index contributed by atoms with van der Waals surface area (Å²) in [6, 6.07) is 0. The minimum absolute atomic E-state index is 0.395. The summed E-state index contributed by atoms with van der Waals surface area (Å²) >= 11 is 0. The molecule has 2 N–H and O–H groups in total. The Hall–Kier alpha value is -2.17. The zero-order chi connectivity index (χ0) is 10.8. The Balaban J connectivity index is 2.91. The van der Waals surface area contributed by atoms with Gasteiger partial charge in [-0.05, 0) is 12.0 Å². The summed E-state index contributed by atoms with van der Waals surface area (Å²) in [4.78, 5) is 31.2. The molecule has 0 aliphatic rings. The number of aromatic nitrogens is 3. The van der Waals surface area contributed by atoms with Crippen molar-refractivity contribution in [2.75, 3.05) is 0 Å². The average molecular weight is 203 g/mol. The van der Waals surface area contributed by atoms with Crippen LogP contribution in [-0.4, -0.2) is 15.0 Å². The maximum Gasteiger partial charge on any atom is 0.326 e. The minimum Gasteiger partial charge on any atom is -0.305 e. The predicted molar refractivity (Wildman–Crippen MR) is 56.9 cm³/mol. The smallest absolute Gasteiger partial charge is 0.305 e. The lowest BCUT2D eigenvalue weighted by molar-refractivity contribution is 1.06. The first-order valence-corrected chi connectivity index (χ1v) is 4.42. The molecule has 2 rings (SSSR count). The number of nitrogens with zero attached hydrogens (tertiary/aromatic N) is 1. The second-order valence-corrected chi connectivity index (χ2v) is 3.12. The number of H-pyrrole nitrogens is 2. The van der Waals surface area contributed by atoms with Gasteiger partial charge in [0.2, 0.25) is 0 Å². The summed E-state index contributed by atoms with van der Waals surface area (Å²) in [7, 11) is 0. The number of hydrogen-bond acceptors (Lipinski definition) is 3. The maximum atomic E-state index is 11.6. The van der Waals surface area contributed by atoms with Crippen LogP contribution in [0, 0.1) is 0 Å². The van der Waals surface area contributed by atoms with Gasteiger partial charge in [0.15, 0.2) is 0 Å². The van der Waals surface area contributed by atoms with Crippen LogP contribution in [0.1, 0.15) is 5.56 Å². The number of fused-ring (bicyclic) bond motifs is 1. The van der Waals surface area contributed by atoms with Crippen LogP contribution in [0.2, 0.25) is 0 Å². The number of aromatic amines is 2. The molecule has 0 aliphatic carbocycles. The first-order valence-electron chi connectivity index (χ1n) is 4.42. The molecular weight excluding hydrogens is 194 g/mol. The topological polar surface area (TPSA) is 78.6 Å². The van der Waals surface area contributed by atoms with Gasteiger partial charge in [0.05, 0.1) is 17.1 Å². The molecule has 0 bridgehead atoms. The van der Waals surface area contributed by atoms with Gasteiger partial charge in [0.1, 0.15) is 0 Å². The molecule has 2 aromatic rings. The second kappa shape index (κ2) is 3.53. The molecule has 15 heavy (non-hydrogen) atoms. The summed E-state index contributed by atoms with van der Waals surface area (Å²) in [6.07, 6.45) is 5.27. The number of rotatable bonds is 2. The van der Waals surface area contributed by atoms with Crippen LogP contribution in [0.25, 0.3) is 10.9 Å². The van der Waals surface area contributed by atoms with Gasteiger partial charge < -0.3 is 4.98 Å². The molecule has 0 saturated carbocycles. The molecule has 0 saturated heterocycles. The monoisotopic (exact) mass is 203 g/mol. The molecule has 2 heterocycles. The van der Waals surface area contributed by atoms with Crippen molar-refractivity contribution in [3.05, 3.63) is 51.5 Å². The van der Waals surface area contributed by atoms with Gasteiger partial charge in [0.25, 0.3) is 5.56 Å². The summed E-state index contributed by atoms with van der Waals surface area (Å²) in [6.45, 7) is 3.60. The summed E-state index contributed by atoms with van der Waals surface area (Å²) in [5.74, 6) is 0. The van der Waals surface area contributed by atoms with Crippen molar-refractivity contribution < 1.29 is 0 Å². The Morgan fingerprint density at radius 3 is 2.87 bits per heavy atom. The van der Waals surface area contributed by atoms with Crippen molar-refractivity contribution in [2.45, 2.75) is 6.42 Å². The van der Waals surface area contributed by atoms with E-state index in [1.54, 1.807) is 12.3 Å². The molecule has 5 heteroatoms. The Kier molecular flexibility index (Phi) is 2.21. The van der Waals surface area contributed by atoms with Crippen LogP contribution in [-0.2, 0) is 6.42 Å². The van der Waals surface area contributed by atoms with Crippen molar-refractivity contribution in [1.82, 2.24) is 15.0 Å². The zero-order valence-corrected chi connectivity index (χ0v) is 7.91. The van der Waals surface area contributed by atoms with E-state index in [2.05, 4.69) is 21.5 Å². The van der Waals surface area contributed by atoms with E-state index in [4.69, 9.17) is 0 Å². The van der Waals surface area contributed by atoms with E-state index >= 15 is 0 Å². The Morgan fingerprint density at radius 1 is 1.33 bits per heavy atom. The van der Waals surface area contributed by atoms with Crippen molar-refractivity contribution in [2.24, 2.45) is 0 Å². The van der Waals surface area contributed by atoms with E-state index in [-0.39, 0.29) is 0 Å². The number of allylic oxidation sites excluding steroid dienone is 1. The van der Waals surface area contributed by atoms with Crippen LogP contribution < -0.4 is 11.2 Å². The molecule has 0 amide bonds. The highest BCUT2D eigenvalue weighted by atomic mass is 16.2. The third-order valence-corrected chi connectivity index (χ3v) is 2.09. The first kappa shape index (κ1) is 9.39. The Morgan fingerprint density at radius 2 is 2.13 bits per heavy atom. The van der Waals surface area contributed by atoms with E-state index in [9.17, 15) is 9.59 Å². The van der Waals surface area contributed by atoms with Gasteiger partial charge in [-0.3, -0.25) is 14.8 Å². The highest BCUT2D eigenvalue weighted by Gasteiger charge is 2.05. The molecule has 2 aromatic heterocycles. The average Bonchev–Trinajstić information content (AvgIpc) is 2.17. The SMILES string of the molecule is C=CCc1cncc2[nH]c(=O)[nH]c(=O)c12. The highest BCUT2D eigenvalue weighted by molar-refractivity contribution is 5.79. The lowest BCUT2D eigenvalue weighted by Gasteiger charge is -2.00. The van der Waals surface area contributed by atoms with Crippen LogP contribution >= 0.6 is 0 Å². The van der Waals surface area contributed by atoms with Crippen molar-refractivity contribution in [3.8, 4) is 0 Å². The van der Waals surface area contributed by atoms with Gasteiger partial charge in [0, 0.05) is 6.20 Å². The number of hydrogen-bond donors (Lipinski definition) is 2. The second-order valence-electron chi connectivity index (χ2n) is 3.12. The van der Waals surface area contributed by atoms with Gasteiger partial charge >= 0.3 is 5.69 Å². The summed E-state index contributed by atoms with van der Waals surface area (Å²) in [5.41, 5.74) is 0.279. The molecule has 5 nitrogen and oxygen atoms in total. The van der Waals surface area contributed by atoms with Crippen LogP contribution in [0.4, 0.5) is 0 Å². The van der Waals surface area contributed by atoms with E-state index < -0.39 is 11.2 Å². The summed E-state index contributed by atoms with van der Waals surface area (Å²) in [5, 5.41) is 0.463. The largest absolute Gasteiger partial charge is 0.326 e. The van der Waals surface area contributed by atoms with E-state index in [0.717, 1.165) is 5.56 Å². The van der Waals surface area contributed by atoms with Gasteiger partial charge in [-0.2, -0.15) is 0 Å². The van der Waals surface area contributed by atoms with Gasteiger partial charge in [-0.1, -0.05) is 6.08 Å². The molecule has 76 valence electrons. The van der Waals surface area contributed by atoms with E-state index in [0.29, 0.717) is 17.3 Å². The number of pyridine rings is 1. The lowest BCUT2D eigenvalue weighted by Crippen LogP contribution is -2.22. The van der Waals surface area contributed by atoms with Gasteiger partial charge in [-0.25, -0.2) is 4.79 Å².